The van der Waals surface area contributed by atoms with E-state index in [9.17, 15) is 9.59 Å². The van der Waals surface area contributed by atoms with Gasteiger partial charge in [-0.2, -0.15) is 0 Å². The molecule has 1 aliphatic carbocycles. The lowest BCUT2D eigenvalue weighted by Gasteiger charge is -2.30. The highest BCUT2D eigenvalue weighted by Crippen LogP contribution is 2.20. The first-order valence-corrected chi connectivity index (χ1v) is 11.2. The van der Waals surface area contributed by atoms with E-state index >= 15 is 0 Å². The molecule has 1 fully saturated rings. The third kappa shape index (κ3) is 6.58. The van der Waals surface area contributed by atoms with Crippen LogP contribution in [0.1, 0.15) is 55.7 Å². The summed E-state index contributed by atoms with van der Waals surface area (Å²) in [6.07, 6.45) is 5.40. The number of methoxy groups -OCH3 is 1. The number of benzene rings is 2. The quantitative estimate of drug-likeness (QED) is 0.651. The lowest BCUT2D eigenvalue weighted by atomic mass is 10.1. The highest BCUT2D eigenvalue weighted by atomic mass is 16.5. The fourth-order valence-corrected chi connectivity index (χ4v) is 4.05. The number of nitrogens with zero attached hydrogens (tertiary/aromatic N) is 1. The lowest BCUT2D eigenvalue weighted by Crippen LogP contribution is -2.49. The second-order valence-corrected chi connectivity index (χ2v) is 8.52. The fraction of sp³-hybridized carbons (Fsp3) is 0.462. The van der Waals surface area contributed by atoms with Crippen LogP contribution in [0.3, 0.4) is 0 Å². The van der Waals surface area contributed by atoms with Crippen LogP contribution >= 0.6 is 0 Å². The van der Waals surface area contributed by atoms with E-state index in [1.807, 2.05) is 31.2 Å². The van der Waals surface area contributed by atoms with Crippen LogP contribution in [-0.2, 0) is 22.6 Å². The molecule has 0 aromatic heterocycles. The van der Waals surface area contributed by atoms with Crippen molar-refractivity contribution in [2.24, 2.45) is 0 Å². The molecule has 1 atom stereocenters. The van der Waals surface area contributed by atoms with Crippen molar-refractivity contribution in [2.45, 2.75) is 71.0 Å². The number of amides is 2. The van der Waals surface area contributed by atoms with Crippen LogP contribution in [0.4, 0.5) is 0 Å². The highest BCUT2D eigenvalue weighted by Gasteiger charge is 2.28. The van der Waals surface area contributed by atoms with Gasteiger partial charge in [0.05, 0.1) is 7.11 Å². The van der Waals surface area contributed by atoms with Gasteiger partial charge < -0.3 is 15.0 Å². The third-order valence-corrected chi connectivity index (χ3v) is 6.13. The molecule has 31 heavy (non-hydrogen) atoms. The van der Waals surface area contributed by atoms with Gasteiger partial charge in [-0.3, -0.25) is 9.59 Å². The number of ether oxygens (including phenoxy) is 1. The zero-order valence-electron chi connectivity index (χ0n) is 18.9. The van der Waals surface area contributed by atoms with Crippen molar-refractivity contribution in [1.29, 1.82) is 0 Å². The van der Waals surface area contributed by atoms with Crippen molar-refractivity contribution in [3.8, 4) is 5.75 Å². The van der Waals surface area contributed by atoms with Crippen LogP contribution in [0.25, 0.3) is 0 Å². The first kappa shape index (κ1) is 22.9. The topological polar surface area (TPSA) is 58.6 Å². The maximum Gasteiger partial charge on any atom is 0.242 e. The summed E-state index contributed by atoms with van der Waals surface area (Å²) >= 11 is 0. The van der Waals surface area contributed by atoms with Gasteiger partial charge >= 0.3 is 0 Å². The van der Waals surface area contributed by atoms with E-state index in [0.717, 1.165) is 42.6 Å². The van der Waals surface area contributed by atoms with Gasteiger partial charge in [-0.1, -0.05) is 54.8 Å². The summed E-state index contributed by atoms with van der Waals surface area (Å²) in [6.45, 7) is 4.28. The summed E-state index contributed by atoms with van der Waals surface area (Å²) in [5, 5.41) is 3.15. The monoisotopic (exact) mass is 422 g/mol. The van der Waals surface area contributed by atoms with Crippen molar-refractivity contribution >= 4 is 11.8 Å². The molecule has 2 amide bonds. The third-order valence-electron chi connectivity index (χ3n) is 6.13. The smallest absolute Gasteiger partial charge is 0.242 e. The summed E-state index contributed by atoms with van der Waals surface area (Å²) in [6, 6.07) is 15.6. The number of hydrogen-bond donors (Lipinski definition) is 1. The lowest BCUT2D eigenvalue weighted by molar-refractivity contribution is -0.140. The minimum atomic E-state index is -0.520. The summed E-state index contributed by atoms with van der Waals surface area (Å²) in [4.78, 5) is 27.8. The Kier molecular flexibility index (Phi) is 8.10. The average molecular weight is 423 g/mol. The van der Waals surface area contributed by atoms with Crippen LogP contribution < -0.4 is 10.1 Å². The van der Waals surface area contributed by atoms with Crippen molar-refractivity contribution < 1.29 is 14.3 Å². The van der Waals surface area contributed by atoms with Gasteiger partial charge in [0, 0.05) is 19.0 Å². The molecule has 0 heterocycles. The largest absolute Gasteiger partial charge is 0.497 e. The van der Waals surface area contributed by atoms with E-state index in [2.05, 4.69) is 36.5 Å². The second kappa shape index (κ2) is 11.0. The Morgan fingerprint density at radius 1 is 1.03 bits per heavy atom. The van der Waals surface area contributed by atoms with Crippen LogP contribution in [0.15, 0.2) is 48.5 Å². The van der Waals surface area contributed by atoms with Gasteiger partial charge in [0.1, 0.15) is 11.8 Å². The Hall–Kier alpha value is -2.82. The first-order chi connectivity index (χ1) is 15.0. The van der Waals surface area contributed by atoms with Gasteiger partial charge in [0.2, 0.25) is 11.8 Å². The van der Waals surface area contributed by atoms with Crippen LogP contribution in [-0.4, -0.2) is 35.9 Å². The summed E-state index contributed by atoms with van der Waals surface area (Å²) in [5.74, 6) is 0.697. The summed E-state index contributed by atoms with van der Waals surface area (Å²) < 4.78 is 5.23. The molecule has 166 valence electrons. The molecule has 1 aliphatic rings. The van der Waals surface area contributed by atoms with Crippen molar-refractivity contribution in [1.82, 2.24) is 10.2 Å². The number of carbonyl (C=O) groups is 2. The zero-order chi connectivity index (χ0) is 22.2. The fourth-order valence-electron chi connectivity index (χ4n) is 4.05. The van der Waals surface area contributed by atoms with E-state index in [1.165, 1.54) is 5.56 Å². The molecule has 0 bridgehead atoms. The molecule has 0 aliphatic heterocycles. The Morgan fingerprint density at radius 3 is 2.26 bits per heavy atom. The van der Waals surface area contributed by atoms with Crippen LogP contribution in [0.2, 0.25) is 0 Å². The molecule has 2 aromatic carbocycles. The van der Waals surface area contributed by atoms with Gasteiger partial charge in [0.15, 0.2) is 0 Å². The van der Waals surface area contributed by atoms with E-state index < -0.39 is 6.04 Å². The minimum absolute atomic E-state index is 0.00883. The molecule has 0 spiro atoms. The van der Waals surface area contributed by atoms with Crippen molar-refractivity contribution in [3.63, 3.8) is 0 Å². The van der Waals surface area contributed by atoms with E-state index in [1.54, 1.807) is 12.0 Å². The molecular weight excluding hydrogens is 388 g/mol. The molecule has 0 radical (unpaired) electrons. The number of carbonyl (C=O) groups excluding carboxylic acids is 2. The molecule has 1 unspecified atom stereocenters. The molecule has 5 heteroatoms. The van der Waals surface area contributed by atoms with Gasteiger partial charge in [-0.05, 0) is 56.4 Å². The zero-order valence-corrected chi connectivity index (χ0v) is 18.9. The van der Waals surface area contributed by atoms with Crippen molar-refractivity contribution in [3.05, 3.63) is 65.2 Å². The van der Waals surface area contributed by atoms with Gasteiger partial charge in [-0.25, -0.2) is 0 Å². The average Bonchev–Trinajstić information content (AvgIpc) is 3.30. The Labute approximate surface area is 185 Å². The second-order valence-electron chi connectivity index (χ2n) is 8.52. The number of aryl methyl sites for hydroxylation is 2. The van der Waals surface area contributed by atoms with E-state index in [4.69, 9.17) is 4.74 Å². The number of hydrogen-bond acceptors (Lipinski definition) is 3. The maximum absolute atomic E-state index is 13.2. The predicted molar refractivity (Wildman–Crippen MR) is 123 cm³/mol. The Bertz CT molecular complexity index is 855. The number of rotatable bonds is 9. The Balaban J connectivity index is 1.70. The molecule has 2 aromatic rings. The maximum atomic E-state index is 13.2. The first-order valence-electron chi connectivity index (χ1n) is 11.2. The normalized spacial score (nSPS) is 14.8. The van der Waals surface area contributed by atoms with E-state index in [-0.39, 0.29) is 17.9 Å². The molecule has 3 rings (SSSR count). The Morgan fingerprint density at radius 2 is 1.65 bits per heavy atom. The molecule has 1 saturated carbocycles. The molecule has 0 saturated heterocycles. The van der Waals surface area contributed by atoms with E-state index in [0.29, 0.717) is 19.4 Å². The number of nitrogens with one attached hydrogen (secondary N) is 1. The standard InChI is InChI=1S/C26H34N2O3/c1-19-8-10-21(11-9-19)14-17-25(29)28(18-22-12-15-24(31-3)16-13-22)20(2)26(30)27-23-6-4-5-7-23/h8-13,15-16,20,23H,4-7,14,17-18H2,1-3H3,(H,27,30). The summed E-state index contributed by atoms with van der Waals surface area (Å²) in [5.41, 5.74) is 3.31. The van der Waals surface area contributed by atoms with Gasteiger partial charge in [-0.15, -0.1) is 0 Å². The predicted octanol–water partition coefficient (Wildman–Crippen LogP) is 4.41. The highest BCUT2D eigenvalue weighted by molar-refractivity contribution is 5.87. The van der Waals surface area contributed by atoms with Crippen LogP contribution in [0, 0.1) is 6.92 Å². The SMILES string of the molecule is COc1ccc(CN(C(=O)CCc2ccc(C)cc2)C(C)C(=O)NC2CCCC2)cc1. The van der Waals surface area contributed by atoms with Crippen molar-refractivity contribution in [2.75, 3.05) is 7.11 Å². The van der Waals surface area contributed by atoms with Gasteiger partial charge in [0.25, 0.3) is 0 Å². The molecule has 1 N–H and O–H groups in total. The molecule has 5 nitrogen and oxygen atoms in total. The molecular formula is C26H34N2O3. The van der Waals surface area contributed by atoms with Crippen LogP contribution in [0.5, 0.6) is 5.75 Å². The summed E-state index contributed by atoms with van der Waals surface area (Å²) in [7, 11) is 1.63. The minimum Gasteiger partial charge on any atom is -0.497 e.